The Hall–Kier alpha value is -0.870. The molecule has 0 radical (unpaired) electrons. The Balaban J connectivity index is 2.09. The zero-order valence-corrected chi connectivity index (χ0v) is 11.1. The molecule has 1 fully saturated rings. The van der Waals surface area contributed by atoms with E-state index in [9.17, 15) is 8.42 Å². The molecular weight excluding hydrogens is 234 g/mol. The van der Waals surface area contributed by atoms with Gasteiger partial charge in [-0.3, -0.25) is 0 Å². The van der Waals surface area contributed by atoms with Crippen molar-refractivity contribution in [2.24, 2.45) is 5.92 Å². The Morgan fingerprint density at radius 2 is 1.82 bits per heavy atom. The molecule has 3 nitrogen and oxygen atoms in total. The highest BCUT2D eigenvalue weighted by Crippen LogP contribution is 2.28. The van der Waals surface area contributed by atoms with E-state index in [-0.39, 0.29) is 0 Å². The quantitative estimate of drug-likeness (QED) is 0.876. The van der Waals surface area contributed by atoms with E-state index in [1.54, 1.807) is 12.1 Å². The van der Waals surface area contributed by atoms with Crippen LogP contribution < -0.4 is 4.72 Å². The van der Waals surface area contributed by atoms with Gasteiger partial charge in [-0.2, -0.15) is 0 Å². The van der Waals surface area contributed by atoms with Crippen LogP contribution in [0.25, 0.3) is 0 Å². The zero-order chi connectivity index (χ0) is 12.5. The van der Waals surface area contributed by atoms with Crippen molar-refractivity contribution in [2.45, 2.75) is 37.5 Å². The first-order valence-electron chi connectivity index (χ1n) is 6.08. The van der Waals surface area contributed by atoms with Crippen molar-refractivity contribution in [3.63, 3.8) is 0 Å². The molecule has 4 heteroatoms. The fourth-order valence-electron chi connectivity index (χ4n) is 1.66. The normalized spacial score (nSPS) is 16.4. The summed E-state index contributed by atoms with van der Waals surface area (Å²) < 4.78 is 26.5. The Bertz CT molecular complexity index is 473. The van der Waals surface area contributed by atoms with Gasteiger partial charge in [0, 0.05) is 6.54 Å². The Morgan fingerprint density at radius 1 is 1.24 bits per heavy atom. The van der Waals surface area contributed by atoms with Crippen LogP contribution >= 0.6 is 0 Å². The summed E-state index contributed by atoms with van der Waals surface area (Å²) >= 11 is 0. The van der Waals surface area contributed by atoms with Crippen LogP contribution in [-0.2, 0) is 10.0 Å². The van der Waals surface area contributed by atoms with Gasteiger partial charge < -0.3 is 0 Å². The monoisotopic (exact) mass is 253 g/mol. The minimum absolute atomic E-state index is 0.363. The van der Waals surface area contributed by atoms with Gasteiger partial charge >= 0.3 is 0 Å². The van der Waals surface area contributed by atoms with E-state index < -0.39 is 10.0 Å². The third-order valence-corrected chi connectivity index (χ3v) is 4.56. The van der Waals surface area contributed by atoms with E-state index in [0.29, 0.717) is 23.3 Å². The summed E-state index contributed by atoms with van der Waals surface area (Å²) in [4.78, 5) is 0.363. The summed E-state index contributed by atoms with van der Waals surface area (Å²) in [5.74, 6) is 0.978. The van der Waals surface area contributed by atoms with Gasteiger partial charge in [-0.05, 0) is 42.4 Å². The number of rotatable bonds is 5. The predicted molar refractivity (Wildman–Crippen MR) is 68.4 cm³/mol. The van der Waals surface area contributed by atoms with Gasteiger partial charge in [0.1, 0.15) is 0 Å². The summed E-state index contributed by atoms with van der Waals surface area (Å²) in [6.07, 6.45) is 2.30. The summed E-state index contributed by atoms with van der Waals surface area (Å²) in [5.41, 5.74) is 1.16. The van der Waals surface area contributed by atoms with Crippen molar-refractivity contribution in [3.8, 4) is 0 Å². The molecule has 0 amide bonds. The first-order valence-corrected chi connectivity index (χ1v) is 7.57. The minimum atomic E-state index is -3.31. The average Bonchev–Trinajstić information content (AvgIpc) is 3.10. The van der Waals surface area contributed by atoms with Crippen LogP contribution in [0.1, 0.15) is 38.2 Å². The van der Waals surface area contributed by atoms with E-state index in [1.807, 2.05) is 12.1 Å². The molecule has 0 saturated heterocycles. The second kappa shape index (κ2) is 4.78. The maximum atomic E-state index is 11.9. The molecule has 1 aliphatic rings. The first kappa shape index (κ1) is 12.6. The van der Waals surface area contributed by atoms with Crippen molar-refractivity contribution in [1.82, 2.24) is 4.72 Å². The summed E-state index contributed by atoms with van der Waals surface area (Å²) in [5, 5.41) is 0. The lowest BCUT2D eigenvalue weighted by atomic mass is 10.0. The molecule has 0 bridgehead atoms. The van der Waals surface area contributed by atoms with Gasteiger partial charge in [-0.15, -0.1) is 0 Å². The molecule has 0 heterocycles. The van der Waals surface area contributed by atoms with E-state index in [4.69, 9.17) is 0 Å². The van der Waals surface area contributed by atoms with Crippen LogP contribution in [0.4, 0.5) is 0 Å². The fourth-order valence-corrected chi connectivity index (χ4v) is 2.78. The number of hydrogen-bond donors (Lipinski definition) is 1. The smallest absolute Gasteiger partial charge is 0.211 e. The molecular formula is C13H19NO2S. The van der Waals surface area contributed by atoms with Gasteiger partial charge in [0.05, 0.1) is 4.90 Å². The molecule has 1 aliphatic carbocycles. The van der Waals surface area contributed by atoms with Crippen LogP contribution in [0.3, 0.4) is 0 Å². The SMILES string of the molecule is CC(C)c1ccc(S(=O)(=O)NCC2CC2)cc1. The van der Waals surface area contributed by atoms with Gasteiger partial charge in [-0.1, -0.05) is 26.0 Å². The second-order valence-corrected chi connectivity index (χ2v) is 6.79. The molecule has 1 N–H and O–H groups in total. The van der Waals surface area contributed by atoms with E-state index in [0.717, 1.165) is 18.4 Å². The second-order valence-electron chi connectivity index (χ2n) is 5.02. The van der Waals surface area contributed by atoms with Crippen molar-refractivity contribution in [3.05, 3.63) is 29.8 Å². The van der Waals surface area contributed by atoms with Crippen LogP contribution in [0.2, 0.25) is 0 Å². The third-order valence-electron chi connectivity index (χ3n) is 3.12. The van der Waals surface area contributed by atoms with Crippen LogP contribution in [0.15, 0.2) is 29.2 Å². The Labute approximate surface area is 103 Å². The number of nitrogens with one attached hydrogen (secondary N) is 1. The fraction of sp³-hybridized carbons (Fsp3) is 0.538. The average molecular weight is 253 g/mol. The van der Waals surface area contributed by atoms with Crippen LogP contribution in [0, 0.1) is 5.92 Å². The number of sulfonamides is 1. The minimum Gasteiger partial charge on any atom is -0.211 e. The highest BCUT2D eigenvalue weighted by molar-refractivity contribution is 7.89. The van der Waals surface area contributed by atoms with Crippen LogP contribution in [-0.4, -0.2) is 15.0 Å². The molecule has 0 aliphatic heterocycles. The van der Waals surface area contributed by atoms with E-state index in [2.05, 4.69) is 18.6 Å². The van der Waals surface area contributed by atoms with Crippen molar-refractivity contribution in [1.29, 1.82) is 0 Å². The van der Waals surface area contributed by atoms with Gasteiger partial charge in [-0.25, -0.2) is 13.1 Å². The van der Waals surface area contributed by atoms with Crippen LogP contribution in [0.5, 0.6) is 0 Å². The molecule has 1 saturated carbocycles. The van der Waals surface area contributed by atoms with E-state index in [1.165, 1.54) is 0 Å². The predicted octanol–water partition coefficient (Wildman–Crippen LogP) is 2.50. The molecule has 0 aromatic heterocycles. The summed E-state index contributed by atoms with van der Waals surface area (Å²) in [6, 6.07) is 7.14. The lowest BCUT2D eigenvalue weighted by Crippen LogP contribution is -2.25. The molecule has 1 aromatic rings. The largest absolute Gasteiger partial charge is 0.240 e. The number of benzene rings is 1. The molecule has 2 rings (SSSR count). The van der Waals surface area contributed by atoms with Crippen molar-refractivity contribution in [2.75, 3.05) is 6.54 Å². The maximum Gasteiger partial charge on any atom is 0.240 e. The topological polar surface area (TPSA) is 46.2 Å². The lowest BCUT2D eigenvalue weighted by Gasteiger charge is -2.08. The molecule has 94 valence electrons. The van der Waals surface area contributed by atoms with E-state index >= 15 is 0 Å². The molecule has 17 heavy (non-hydrogen) atoms. The van der Waals surface area contributed by atoms with Gasteiger partial charge in [0.25, 0.3) is 0 Å². The first-order chi connectivity index (χ1) is 7.99. The molecule has 0 spiro atoms. The zero-order valence-electron chi connectivity index (χ0n) is 10.3. The highest BCUT2D eigenvalue weighted by Gasteiger charge is 2.24. The summed E-state index contributed by atoms with van der Waals surface area (Å²) in [7, 11) is -3.31. The third kappa shape index (κ3) is 3.30. The maximum absolute atomic E-state index is 11.9. The van der Waals surface area contributed by atoms with Gasteiger partial charge in [0.2, 0.25) is 10.0 Å². The standard InChI is InChI=1S/C13H19NO2S/c1-10(2)12-5-7-13(8-6-12)17(15,16)14-9-11-3-4-11/h5-8,10-11,14H,3-4,9H2,1-2H3. The van der Waals surface area contributed by atoms with Crippen molar-refractivity contribution >= 4 is 10.0 Å². The molecule has 1 aromatic carbocycles. The summed E-state index contributed by atoms with van der Waals surface area (Å²) in [6.45, 7) is 4.76. The number of hydrogen-bond acceptors (Lipinski definition) is 2. The van der Waals surface area contributed by atoms with Gasteiger partial charge in [0.15, 0.2) is 0 Å². The Morgan fingerprint density at radius 3 is 2.29 bits per heavy atom. The highest BCUT2D eigenvalue weighted by atomic mass is 32.2. The Kier molecular flexibility index (Phi) is 3.54. The molecule has 0 unspecified atom stereocenters. The lowest BCUT2D eigenvalue weighted by molar-refractivity contribution is 0.577. The van der Waals surface area contributed by atoms with Crippen molar-refractivity contribution < 1.29 is 8.42 Å². The molecule has 0 atom stereocenters.